The highest BCUT2D eigenvalue weighted by atomic mass is 32.1. The van der Waals surface area contributed by atoms with Crippen LogP contribution < -0.4 is 30.2 Å². The number of carbonyl (C=O) groups is 8. The zero-order valence-electron chi connectivity index (χ0n) is 60.7. The van der Waals surface area contributed by atoms with Crippen molar-refractivity contribution in [1.82, 2.24) is 40.1 Å². The van der Waals surface area contributed by atoms with E-state index in [4.69, 9.17) is 48.0 Å². The van der Waals surface area contributed by atoms with Crippen LogP contribution in [0.3, 0.4) is 0 Å². The predicted octanol–water partition coefficient (Wildman–Crippen LogP) is 5.55. The molecular formula is C75H92N10O21S. The van der Waals surface area contributed by atoms with E-state index in [1.807, 2.05) is 40.8 Å². The van der Waals surface area contributed by atoms with Crippen LogP contribution in [0.2, 0.25) is 0 Å². The number of hydrogen-bond acceptors (Lipinski definition) is 24. The minimum Gasteiger partial charge on any atom is -0.496 e. The van der Waals surface area contributed by atoms with Crippen molar-refractivity contribution < 1.29 is 102 Å². The van der Waals surface area contributed by atoms with Gasteiger partial charge in [-0.1, -0.05) is 43.9 Å². The molecule has 5 fully saturated rings. The number of aromatic nitrogens is 3. The van der Waals surface area contributed by atoms with Gasteiger partial charge in [-0.15, -0.1) is 0 Å². The smallest absolute Gasteiger partial charge is 0.410 e. The number of thiazole rings is 1. The Morgan fingerprint density at radius 1 is 0.822 bits per heavy atom. The molecule has 12 rings (SSSR count). The molecule has 4 aliphatic carbocycles. The van der Waals surface area contributed by atoms with Gasteiger partial charge in [-0.25, -0.2) is 24.4 Å². The number of benzene rings is 3. The number of ether oxygens (including phenoxy) is 8. The molecule has 7 aliphatic rings. The van der Waals surface area contributed by atoms with E-state index in [9.17, 15) is 63.9 Å². The van der Waals surface area contributed by atoms with Crippen molar-refractivity contribution in [2.75, 3.05) is 91.8 Å². The first-order chi connectivity index (χ1) is 51.1. The SMILES string of the molecule is C=C(/C(=N\C(=C/C)N1CCc2c(OC)ccc(C(=O)Nc3nc4ccccc4s3)c2C1)C(=O)O)c1cnn(CC23CC4(C)CC(C)(C2)CC(OCCN(CCOC)C(=O)OCc2ccc(O[C@@H]5O[C@H](C(=O)O)[C@@H](O)[C@H](O)[C@H]5O)cc2OCCOCCNC(=O)CCNC(=O)CCN2C(=O)C=CC2=O)(C4)C3)c1C. The van der Waals surface area contributed by atoms with Gasteiger partial charge in [0.1, 0.15) is 54.6 Å². The summed E-state index contributed by atoms with van der Waals surface area (Å²) < 4.78 is 50.1. The van der Waals surface area contributed by atoms with Crippen molar-refractivity contribution in [3.8, 4) is 17.2 Å². The van der Waals surface area contributed by atoms with Gasteiger partial charge in [0, 0.05) is 124 Å². The van der Waals surface area contributed by atoms with E-state index in [1.54, 1.807) is 38.4 Å². The molecule has 574 valence electrons. The standard InChI is InChI=1S/C75H92N10O21S/c1-8-56(83-24-20-48-51(35-83)49(15-16-53(48)100-7)66(93)81-70-79-52-11-9-10-12-55(52)107-70)80-61(67(94)95)44(2)50-34-78-85(45(50)3)43-74-38-72(4)37-73(5,39-74)41-75(40-72,42-74)104-30-27-82(26-29-99-6)71(98)103-36-46-13-14-47(105-69-64(92)62(90)63(91)65(106-69)68(96)97)33-54(46)102-32-31-101-28-23-77-57(86)19-22-76-58(87)21-25-84-59(88)17-18-60(84)89/h8-18,33-34,62-65,69,90-92H,2,19-32,35-43H2,1,3-7H3,(H,76,87)(H,77,86)(H,94,95)(H,96,97)(H,79,81,93)/b56-8+,80-61+/t62-,63-,64+,65-,69+,72?,73?,74?,75?/m0/s1. The van der Waals surface area contributed by atoms with E-state index < -0.39 is 72.1 Å². The summed E-state index contributed by atoms with van der Waals surface area (Å²) in [6, 6.07) is 15.5. The number of carboxylic acid groups (broad SMARTS) is 2. The number of nitrogens with one attached hydrogen (secondary N) is 3. The maximum Gasteiger partial charge on any atom is 0.410 e. The minimum atomic E-state index is -1.96. The van der Waals surface area contributed by atoms with E-state index in [0.717, 1.165) is 76.2 Å². The molecule has 107 heavy (non-hydrogen) atoms. The van der Waals surface area contributed by atoms with Crippen LogP contribution in [0.1, 0.15) is 110 Å². The van der Waals surface area contributed by atoms with Crippen LogP contribution in [-0.4, -0.2) is 231 Å². The molecule has 5 aromatic rings. The highest BCUT2D eigenvalue weighted by molar-refractivity contribution is 7.22. The number of aliphatic hydroxyl groups excluding tert-OH is 3. The van der Waals surface area contributed by atoms with Gasteiger partial charge in [-0.05, 0) is 123 Å². The fraction of sp³-hybridized carbons (Fsp3) is 0.507. The number of aliphatic hydroxyl groups is 3. The highest BCUT2D eigenvalue weighted by Gasteiger charge is 2.66. The second-order valence-corrected chi connectivity index (χ2v) is 29.8. The number of imide groups is 1. The first kappa shape index (κ1) is 78.4. The largest absolute Gasteiger partial charge is 0.496 e. The molecule has 6 amide bonds. The number of rotatable bonds is 35. The first-order valence-corrected chi connectivity index (χ1v) is 36.3. The first-order valence-electron chi connectivity index (χ1n) is 35.5. The molecule has 1 saturated heterocycles. The minimum absolute atomic E-state index is 0.00681. The molecule has 2 aromatic heterocycles. The van der Waals surface area contributed by atoms with Gasteiger partial charge >= 0.3 is 18.0 Å². The Balaban J connectivity index is 0.711. The van der Waals surface area contributed by atoms with Crippen molar-refractivity contribution in [3.63, 3.8) is 0 Å². The third-order valence-electron chi connectivity index (χ3n) is 20.4. The molecule has 0 radical (unpaired) electrons. The summed E-state index contributed by atoms with van der Waals surface area (Å²) in [7, 11) is 3.11. The van der Waals surface area contributed by atoms with E-state index in [1.165, 1.54) is 41.5 Å². The molecule has 0 spiro atoms. The molecule has 3 aromatic carbocycles. The number of methoxy groups -OCH3 is 2. The number of amides is 6. The molecule has 31 nitrogen and oxygen atoms in total. The van der Waals surface area contributed by atoms with Crippen LogP contribution in [-0.2, 0) is 78.6 Å². The van der Waals surface area contributed by atoms with E-state index in [-0.39, 0.29) is 143 Å². The number of anilines is 1. The average molecular weight is 1500 g/mol. The van der Waals surface area contributed by atoms with Gasteiger partial charge in [-0.2, -0.15) is 5.10 Å². The summed E-state index contributed by atoms with van der Waals surface area (Å²) in [5.41, 5.74) is 3.35. The number of aliphatic imine (C=N–C) groups is 1. The molecule has 3 aliphatic heterocycles. The van der Waals surface area contributed by atoms with E-state index >= 15 is 0 Å². The molecule has 4 bridgehead atoms. The van der Waals surface area contributed by atoms with Crippen LogP contribution in [0.25, 0.3) is 15.8 Å². The van der Waals surface area contributed by atoms with Gasteiger partial charge in [0.25, 0.3) is 17.7 Å². The summed E-state index contributed by atoms with van der Waals surface area (Å²) in [6.45, 7) is 14.2. The number of allylic oxidation sites excluding steroid dienone is 1. The Morgan fingerprint density at radius 3 is 2.26 bits per heavy atom. The van der Waals surface area contributed by atoms with Crippen LogP contribution in [0.4, 0.5) is 9.93 Å². The van der Waals surface area contributed by atoms with E-state index in [2.05, 4.69) is 41.4 Å². The third-order valence-corrected chi connectivity index (χ3v) is 21.4. The Labute approximate surface area is 621 Å². The number of aliphatic carboxylic acids is 2. The van der Waals surface area contributed by atoms with Crippen molar-refractivity contribution in [2.24, 2.45) is 21.2 Å². The summed E-state index contributed by atoms with van der Waals surface area (Å²) in [5.74, 6) is -3.89. The fourth-order valence-corrected chi connectivity index (χ4v) is 17.5. The number of hydrogen-bond donors (Lipinski definition) is 8. The van der Waals surface area contributed by atoms with Crippen molar-refractivity contribution >= 4 is 85.5 Å². The van der Waals surface area contributed by atoms with Gasteiger partial charge in [-0.3, -0.25) is 38.9 Å². The molecule has 32 heteroatoms. The van der Waals surface area contributed by atoms with Crippen LogP contribution in [0.5, 0.6) is 17.2 Å². The Hall–Kier alpha value is -9.67. The zero-order chi connectivity index (χ0) is 76.5. The number of para-hydroxylation sites is 1. The Kier molecular flexibility index (Phi) is 24.6. The molecule has 8 N–H and O–H groups in total. The molecule has 4 saturated carbocycles. The average Bonchev–Trinajstić information content (AvgIpc) is 1.43. The maximum absolute atomic E-state index is 14.2. The van der Waals surface area contributed by atoms with Crippen molar-refractivity contribution in [3.05, 3.63) is 125 Å². The lowest BCUT2D eigenvalue weighted by molar-refractivity contribution is -0.271. The summed E-state index contributed by atoms with van der Waals surface area (Å²) >= 11 is 1.38. The number of carboxylic acids is 2. The number of nitrogens with zero attached hydrogens (tertiary/aromatic N) is 7. The Bertz CT molecular complexity index is 4230. The quantitative estimate of drug-likeness (QED) is 0.0140. The van der Waals surface area contributed by atoms with E-state index in [0.29, 0.717) is 59.3 Å². The van der Waals surface area contributed by atoms with Crippen LogP contribution in [0, 0.1) is 23.2 Å². The molecule has 7 atom stereocenters. The van der Waals surface area contributed by atoms with Crippen molar-refractivity contribution in [1.29, 1.82) is 0 Å². The summed E-state index contributed by atoms with van der Waals surface area (Å²) in [4.78, 5) is 115. The lowest BCUT2D eigenvalue weighted by Crippen LogP contribution is -2.64. The lowest BCUT2D eigenvalue weighted by atomic mass is 9.39. The molecule has 5 heterocycles. The zero-order valence-corrected chi connectivity index (χ0v) is 61.5. The third kappa shape index (κ3) is 18.3. The topological polar surface area (TPSA) is 400 Å². The highest BCUT2D eigenvalue weighted by Crippen LogP contribution is 2.72. The van der Waals surface area contributed by atoms with Crippen LogP contribution >= 0.6 is 11.3 Å². The van der Waals surface area contributed by atoms with Gasteiger partial charge in [0.15, 0.2) is 16.9 Å². The summed E-state index contributed by atoms with van der Waals surface area (Å²) in [6.07, 6.45) is 0.981. The van der Waals surface area contributed by atoms with Gasteiger partial charge < -0.3 is 83.9 Å². The van der Waals surface area contributed by atoms with Gasteiger partial charge in [0.05, 0.1) is 55.6 Å². The predicted molar refractivity (Wildman–Crippen MR) is 387 cm³/mol. The normalized spacial score (nSPS) is 24.5. The monoisotopic (exact) mass is 1500 g/mol. The lowest BCUT2D eigenvalue weighted by Gasteiger charge is -2.69. The second-order valence-electron chi connectivity index (χ2n) is 28.8. The van der Waals surface area contributed by atoms with Crippen molar-refractivity contribution in [2.45, 2.75) is 141 Å². The maximum atomic E-state index is 14.2. The number of fused-ring (bicyclic) bond motifs is 2. The summed E-state index contributed by atoms with van der Waals surface area (Å²) in [5, 5.41) is 65.7. The second kappa shape index (κ2) is 33.6. The number of carbonyl (C=O) groups excluding carboxylic acids is 6. The molecule has 2 unspecified atom stereocenters. The Morgan fingerprint density at radius 2 is 1.55 bits per heavy atom. The molecular weight excluding hydrogens is 1410 g/mol. The fourth-order valence-electron chi connectivity index (χ4n) is 16.7. The van der Waals surface area contributed by atoms with Gasteiger partial charge in [0.2, 0.25) is 18.1 Å². The van der Waals surface area contributed by atoms with Crippen LogP contribution in [0.15, 0.2) is 96.4 Å².